The van der Waals surface area contributed by atoms with Crippen molar-refractivity contribution in [3.8, 4) is 0 Å². The number of aliphatic hydroxyl groups is 7. The van der Waals surface area contributed by atoms with Gasteiger partial charge in [-0.15, -0.1) is 0 Å². The highest BCUT2D eigenvalue weighted by molar-refractivity contribution is 4.79. The lowest BCUT2D eigenvalue weighted by Gasteiger charge is -2.24. The molecule has 0 saturated carbocycles. The normalized spacial score (nSPS) is 18.4. The molecular weight excluding hydrogens is 208 g/mol. The Kier molecular flexibility index (Phi) is 11.7. The van der Waals surface area contributed by atoms with Crippen molar-refractivity contribution in [3.63, 3.8) is 0 Å². The zero-order valence-electron chi connectivity index (χ0n) is 8.56. The third-order valence-corrected chi connectivity index (χ3v) is 1.51. The van der Waals surface area contributed by atoms with Crippen LogP contribution in [-0.2, 0) is 0 Å². The molecule has 0 aliphatic heterocycles. The minimum atomic E-state index is -1.67. The molecule has 7 nitrogen and oxygen atoms in total. The van der Waals surface area contributed by atoms with Crippen molar-refractivity contribution in [1.29, 1.82) is 0 Å². The topological polar surface area (TPSA) is 142 Å². The van der Waals surface area contributed by atoms with Crippen LogP contribution in [0.4, 0.5) is 0 Å². The van der Waals surface area contributed by atoms with Gasteiger partial charge in [-0.3, -0.25) is 0 Å². The van der Waals surface area contributed by atoms with Gasteiger partial charge in [-0.25, -0.2) is 0 Å². The second-order valence-electron chi connectivity index (χ2n) is 2.80. The van der Waals surface area contributed by atoms with E-state index in [1.54, 1.807) is 6.92 Å². The van der Waals surface area contributed by atoms with Gasteiger partial charge in [-0.2, -0.15) is 0 Å². The maximum absolute atomic E-state index is 8.96. The van der Waals surface area contributed by atoms with Gasteiger partial charge in [0.2, 0.25) is 0 Å². The van der Waals surface area contributed by atoms with Gasteiger partial charge >= 0.3 is 0 Å². The molecular formula is C8H20O7. The van der Waals surface area contributed by atoms with Gasteiger partial charge in [0, 0.05) is 6.61 Å². The van der Waals surface area contributed by atoms with Crippen LogP contribution in [0.3, 0.4) is 0 Å². The zero-order chi connectivity index (χ0) is 12.4. The van der Waals surface area contributed by atoms with E-state index >= 15 is 0 Å². The zero-order valence-corrected chi connectivity index (χ0v) is 8.56. The van der Waals surface area contributed by atoms with Gasteiger partial charge in [0.05, 0.1) is 13.2 Å². The summed E-state index contributed by atoms with van der Waals surface area (Å²) in [6.07, 6.45) is -6.39. The lowest BCUT2D eigenvalue weighted by atomic mass is 10.0. The van der Waals surface area contributed by atoms with Gasteiger partial charge in [0.15, 0.2) is 0 Å². The second-order valence-corrected chi connectivity index (χ2v) is 2.80. The number of hydrogen-bond acceptors (Lipinski definition) is 7. The highest BCUT2D eigenvalue weighted by Gasteiger charge is 2.29. The minimum Gasteiger partial charge on any atom is -0.397 e. The molecule has 0 saturated heterocycles. The fourth-order valence-corrected chi connectivity index (χ4v) is 0.671. The van der Waals surface area contributed by atoms with E-state index < -0.39 is 37.6 Å². The molecule has 94 valence electrons. The summed E-state index contributed by atoms with van der Waals surface area (Å²) in [6.45, 7) is 0.479. The lowest BCUT2D eigenvalue weighted by Crippen LogP contribution is -2.46. The van der Waals surface area contributed by atoms with Gasteiger partial charge in [0.1, 0.15) is 24.4 Å². The molecule has 0 unspecified atom stereocenters. The number of hydrogen-bond donors (Lipinski definition) is 7. The van der Waals surface area contributed by atoms with Crippen LogP contribution >= 0.6 is 0 Å². The third-order valence-electron chi connectivity index (χ3n) is 1.51. The Hall–Kier alpha value is -0.280. The van der Waals surface area contributed by atoms with Crippen molar-refractivity contribution >= 4 is 0 Å². The molecule has 0 aromatic heterocycles. The highest BCUT2D eigenvalue weighted by Crippen LogP contribution is 2.03. The second kappa shape index (κ2) is 10.2. The molecule has 15 heavy (non-hydrogen) atoms. The Bertz CT molecular complexity index is 118. The molecule has 0 spiro atoms. The Balaban J connectivity index is 0. The summed E-state index contributed by atoms with van der Waals surface area (Å²) < 4.78 is 0. The maximum Gasteiger partial charge on any atom is 0.111 e. The van der Waals surface area contributed by atoms with Gasteiger partial charge in [-0.1, -0.05) is 0 Å². The average Bonchev–Trinajstić information content (AvgIpc) is 2.25. The van der Waals surface area contributed by atoms with Gasteiger partial charge in [0.25, 0.3) is 0 Å². The molecule has 7 heteroatoms. The molecule has 0 bridgehead atoms. The quantitative estimate of drug-likeness (QED) is 0.258. The van der Waals surface area contributed by atoms with E-state index in [1.807, 2.05) is 0 Å². The maximum atomic E-state index is 8.96. The van der Waals surface area contributed by atoms with Crippen LogP contribution in [0, 0.1) is 0 Å². The van der Waals surface area contributed by atoms with Gasteiger partial charge < -0.3 is 35.7 Å². The Labute approximate surface area is 87.9 Å². The standard InChI is InChI=1S/C6H14O6.C2H6O/c7-1-3(9)5(11)6(12)4(10)2-8;1-2-3/h3-12H,1-2H2;3H,2H2,1H3/t3-,4-,5-,6-;/m1./s1. The summed E-state index contributed by atoms with van der Waals surface area (Å²) in [5.41, 5.74) is 0. The lowest BCUT2D eigenvalue weighted by molar-refractivity contribution is -0.123. The molecule has 0 aromatic carbocycles. The Morgan fingerprint density at radius 2 is 0.933 bits per heavy atom. The summed E-state index contributed by atoms with van der Waals surface area (Å²) in [5, 5.41) is 59.7. The predicted molar refractivity (Wildman–Crippen MR) is 51.0 cm³/mol. The van der Waals surface area contributed by atoms with Crippen molar-refractivity contribution in [2.45, 2.75) is 31.3 Å². The van der Waals surface area contributed by atoms with Crippen LogP contribution in [0.1, 0.15) is 6.92 Å². The molecule has 4 atom stereocenters. The van der Waals surface area contributed by atoms with E-state index in [9.17, 15) is 0 Å². The van der Waals surface area contributed by atoms with Crippen LogP contribution in [-0.4, -0.2) is 80.0 Å². The fraction of sp³-hybridized carbons (Fsp3) is 1.00. The summed E-state index contributed by atoms with van der Waals surface area (Å²) >= 11 is 0. The Morgan fingerprint density at radius 3 is 1.07 bits per heavy atom. The Morgan fingerprint density at radius 1 is 0.733 bits per heavy atom. The first kappa shape index (κ1) is 17.1. The van der Waals surface area contributed by atoms with Crippen LogP contribution in [0.5, 0.6) is 0 Å². The minimum absolute atomic E-state index is 0.250. The van der Waals surface area contributed by atoms with E-state index in [1.165, 1.54) is 0 Å². The van der Waals surface area contributed by atoms with Crippen molar-refractivity contribution < 1.29 is 35.7 Å². The largest absolute Gasteiger partial charge is 0.397 e. The first-order chi connectivity index (χ1) is 6.95. The average molecular weight is 228 g/mol. The van der Waals surface area contributed by atoms with Crippen molar-refractivity contribution in [2.75, 3.05) is 19.8 Å². The molecule has 0 radical (unpaired) electrons. The first-order valence-electron chi connectivity index (χ1n) is 4.51. The molecule has 7 N–H and O–H groups in total. The van der Waals surface area contributed by atoms with E-state index in [4.69, 9.17) is 35.7 Å². The van der Waals surface area contributed by atoms with E-state index in [-0.39, 0.29) is 6.61 Å². The molecule has 0 amide bonds. The first-order valence-corrected chi connectivity index (χ1v) is 4.51. The summed E-state index contributed by atoms with van der Waals surface area (Å²) in [4.78, 5) is 0. The SMILES string of the molecule is CCO.OC[C@@H](O)[C@@H](O)[C@H](O)[C@H](O)CO. The third kappa shape index (κ3) is 7.63. The summed E-state index contributed by atoms with van der Waals surface area (Å²) in [6, 6.07) is 0. The van der Waals surface area contributed by atoms with Crippen LogP contribution < -0.4 is 0 Å². The number of rotatable bonds is 5. The molecule has 0 fully saturated rings. The molecule has 0 rings (SSSR count). The summed E-state index contributed by atoms with van der Waals surface area (Å²) in [7, 11) is 0. The number of aliphatic hydroxyl groups excluding tert-OH is 7. The monoisotopic (exact) mass is 228 g/mol. The van der Waals surface area contributed by atoms with E-state index in [0.29, 0.717) is 0 Å². The van der Waals surface area contributed by atoms with E-state index in [0.717, 1.165) is 0 Å². The van der Waals surface area contributed by atoms with Crippen LogP contribution in [0.25, 0.3) is 0 Å². The van der Waals surface area contributed by atoms with Crippen molar-refractivity contribution in [3.05, 3.63) is 0 Å². The van der Waals surface area contributed by atoms with Crippen LogP contribution in [0.15, 0.2) is 0 Å². The highest BCUT2D eigenvalue weighted by atomic mass is 16.4. The van der Waals surface area contributed by atoms with Crippen molar-refractivity contribution in [2.24, 2.45) is 0 Å². The van der Waals surface area contributed by atoms with Crippen molar-refractivity contribution in [1.82, 2.24) is 0 Å². The molecule has 0 heterocycles. The van der Waals surface area contributed by atoms with E-state index in [2.05, 4.69) is 0 Å². The van der Waals surface area contributed by atoms with Gasteiger partial charge in [-0.05, 0) is 6.92 Å². The smallest absolute Gasteiger partial charge is 0.111 e. The summed E-state index contributed by atoms with van der Waals surface area (Å²) in [5.74, 6) is 0. The molecule has 0 aliphatic carbocycles. The fourth-order valence-electron chi connectivity index (χ4n) is 0.671. The predicted octanol–water partition coefficient (Wildman–Crippen LogP) is -3.59. The molecule has 0 aromatic rings. The van der Waals surface area contributed by atoms with Crippen LogP contribution in [0.2, 0.25) is 0 Å². The molecule has 0 aliphatic rings.